The monoisotopic (exact) mass is 348 g/mol. The van der Waals surface area contributed by atoms with Crippen molar-refractivity contribution in [3.05, 3.63) is 24.3 Å². The molecule has 140 valence electrons. The van der Waals surface area contributed by atoms with Crippen LogP contribution in [0.25, 0.3) is 0 Å². The van der Waals surface area contributed by atoms with Crippen molar-refractivity contribution in [1.29, 1.82) is 0 Å². The summed E-state index contributed by atoms with van der Waals surface area (Å²) in [5, 5.41) is 57.2. The highest BCUT2D eigenvalue weighted by Gasteiger charge is 2.43. The van der Waals surface area contributed by atoms with E-state index in [1.807, 2.05) is 0 Å². The molecule has 0 unspecified atom stereocenters. The van der Waals surface area contributed by atoms with Crippen LogP contribution in [0.2, 0.25) is 0 Å². The molecular formula is C16H28O8. The molecule has 0 aromatic carbocycles. The van der Waals surface area contributed by atoms with E-state index >= 15 is 0 Å². The maximum absolute atomic E-state index is 9.86. The summed E-state index contributed by atoms with van der Waals surface area (Å²) in [4.78, 5) is 0. The van der Waals surface area contributed by atoms with Crippen molar-refractivity contribution >= 4 is 0 Å². The summed E-state index contributed by atoms with van der Waals surface area (Å²) in [5.74, 6) is 0. The van der Waals surface area contributed by atoms with Gasteiger partial charge in [0, 0.05) is 0 Å². The molecule has 8 nitrogen and oxygen atoms in total. The largest absolute Gasteiger partial charge is 0.394 e. The van der Waals surface area contributed by atoms with E-state index in [9.17, 15) is 20.4 Å². The Morgan fingerprint density at radius 2 is 1.88 bits per heavy atom. The van der Waals surface area contributed by atoms with Crippen molar-refractivity contribution in [2.75, 3.05) is 19.8 Å². The Bertz CT molecular complexity index is 424. The maximum atomic E-state index is 9.86. The van der Waals surface area contributed by atoms with Crippen molar-refractivity contribution in [2.45, 2.75) is 56.1 Å². The first-order valence-electron chi connectivity index (χ1n) is 7.82. The van der Waals surface area contributed by atoms with Gasteiger partial charge in [0.1, 0.15) is 30.0 Å². The maximum Gasteiger partial charge on any atom is 0.187 e. The van der Waals surface area contributed by atoms with Crippen LogP contribution in [-0.2, 0) is 9.47 Å². The van der Waals surface area contributed by atoms with Crippen molar-refractivity contribution in [2.24, 2.45) is 0 Å². The van der Waals surface area contributed by atoms with Crippen LogP contribution in [0.3, 0.4) is 0 Å². The first-order chi connectivity index (χ1) is 11.3. The second-order valence-corrected chi connectivity index (χ2v) is 6.06. The molecule has 0 spiro atoms. The molecule has 1 fully saturated rings. The summed E-state index contributed by atoms with van der Waals surface area (Å²) in [5.41, 5.74) is -0.536. The lowest BCUT2D eigenvalue weighted by Gasteiger charge is -2.39. The lowest BCUT2D eigenvalue weighted by Crippen LogP contribution is -2.59. The smallest absolute Gasteiger partial charge is 0.187 e. The van der Waals surface area contributed by atoms with E-state index in [0.717, 1.165) is 5.57 Å². The van der Waals surface area contributed by atoms with Gasteiger partial charge in [-0.15, -0.1) is 6.58 Å². The van der Waals surface area contributed by atoms with Crippen LogP contribution in [0.1, 0.15) is 19.8 Å². The molecule has 1 saturated heterocycles. The fourth-order valence-corrected chi connectivity index (χ4v) is 2.29. The number of allylic oxidation sites excluding steroid dienone is 1. The zero-order valence-corrected chi connectivity index (χ0v) is 13.8. The van der Waals surface area contributed by atoms with Crippen LogP contribution in [0.15, 0.2) is 24.3 Å². The zero-order chi connectivity index (χ0) is 18.3. The standard InChI is InChI=1S/C16H28O8/c1-3-16(22,9-18)6-4-5-10(2)8-23-15-14(21)13(20)12(19)11(7-17)24-15/h3,5,11-15,17-22H,1,4,6-9H2,2H3/t11-,12-,13+,14-,15-,16+/m1/s1. The normalized spacial score (nSPS) is 34.0. The predicted octanol–water partition coefficient (Wildman–Crippen LogP) is -1.56. The van der Waals surface area contributed by atoms with Crippen molar-refractivity contribution in [3.8, 4) is 0 Å². The average Bonchev–Trinajstić information content (AvgIpc) is 2.59. The highest BCUT2D eigenvalue weighted by Crippen LogP contribution is 2.22. The number of aliphatic hydroxyl groups excluding tert-OH is 5. The van der Waals surface area contributed by atoms with E-state index in [1.54, 1.807) is 13.0 Å². The molecule has 1 aliphatic rings. The van der Waals surface area contributed by atoms with E-state index in [1.165, 1.54) is 6.08 Å². The summed E-state index contributed by atoms with van der Waals surface area (Å²) in [6.07, 6.45) is -2.65. The van der Waals surface area contributed by atoms with Gasteiger partial charge in [0.25, 0.3) is 0 Å². The van der Waals surface area contributed by atoms with Crippen LogP contribution in [-0.4, -0.2) is 86.8 Å². The third-order valence-corrected chi connectivity index (χ3v) is 4.05. The molecule has 24 heavy (non-hydrogen) atoms. The van der Waals surface area contributed by atoms with Gasteiger partial charge in [-0.1, -0.05) is 17.7 Å². The molecule has 0 saturated carbocycles. The fraction of sp³-hybridized carbons (Fsp3) is 0.750. The van der Waals surface area contributed by atoms with E-state index < -0.39 is 49.5 Å². The Kier molecular flexibility index (Phi) is 8.48. The molecule has 0 aromatic heterocycles. The molecule has 6 atom stereocenters. The third kappa shape index (κ3) is 5.61. The summed E-state index contributed by atoms with van der Waals surface area (Å²) in [6, 6.07) is 0. The molecule has 8 heteroatoms. The topological polar surface area (TPSA) is 140 Å². The molecule has 0 bridgehead atoms. The predicted molar refractivity (Wildman–Crippen MR) is 84.9 cm³/mol. The molecule has 1 heterocycles. The Labute approximate surface area is 141 Å². The lowest BCUT2D eigenvalue weighted by atomic mass is 9.98. The van der Waals surface area contributed by atoms with Crippen molar-refractivity contribution in [3.63, 3.8) is 0 Å². The lowest BCUT2D eigenvalue weighted by molar-refractivity contribution is -0.299. The quantitative estimate of drug-likeness (QED) is 0.275. The van der Waals surface area contributed by atoms with Gasteiger partial charge in [0.2, 0.25) is 0 Å². The van der Waals surface area contributed by atoms with E-state index in [0.29, 0.717) is 12.8 Å². The van der Waals surface area contributed by atoms with Gasteiger partial charge in [0.15, 0.2) is 6.29 Å². The van der Waals surface area contributed by atoms with E-state index in [4.69, 9.17) is 19.7 Å². The summed E-state index contributed by atoms with van der Waals surface area (Å²) < 4.78 is 10.6. The molecule has 0 aromatic rings. The first kappa shape index (κ1) is 21.2. The SMILES string of the molecule is C=C[C@@](O)(CO)CCC=C(C)CO[C@@H]1O[C@H](CO)[C@@H](O)[C@H](O)[C@H]1O. The van der Waals surface area contributed by atoms with Gasteiger partial charge in [-0.25, -0.2) is 0 Å². The molecule has 0 amide bonds. The molecule has 6 N–H and O–H groups in total. The van der Waals surface area contributed by atoms with Gasteiger partial charge >= 0.3 is 0 Å². The van der Waals surface area contributed by atoms with Crippen LogP contribution in [0.5, 0.6) is 0 Å². The van der Waals surface area contributed by atoms with Crippen LogP contribution in [0, 0.1) is 0 Å². The highest BCUT2D eigenvalue weighted by atomic mass is 16.7. The van der Waals surface area contributed by atoms with Crippen LogP contribution < -0.4 is 0 Å². The molecule has 0 radical (unpaired) electrons. The summed E-state index contributed by atoms with van der Waals surface area (Å²) in [7, 11) is 0. The number of ether oxygens (including phenoxy) is 2. The number of hydrogen-bond donors (Lipinski definition) is 6. The van der Waals surface area contributed by atoms with Gasteiger partial charge in [-0.3, -0.25) is 0 Å². The van der Waals surface area contributed by atoms with E-state index in [2.05, 4.69) is 6.58 Å². The molecular weight excluding hydrogens is 320 g/mol. The van der Waals surface area contributed by atoms with Crippen molar-refractivity contribution in [1.82, 2.24) is 0 Å². The molecule has 0 aliphatic carbocycles. The van der Waals surface area contributed by atoms with Crippen LogP contribution >= 0.6 is 0 Å². The second kappa shape index (κ2) is 9.59. The minimum Gasteiger partial charge on any atom is -0.394 e. The average molecular weight is 348 g/mol. The molecule has 1 rings (SSSR count). The fourth-order valence-electron chi connectivity index (χ4n) is 2.29. The van der Waals surface area contributed by atoms with E-state index in [-0.39, 0.29) is 6.61 Å². The number of aliphatic hydroxyl groups is 6. The molecule has 1 aliphatic heterocycles. The summed E-state index contributed by atoms with van der Waals surface area (Å²) in [6.45, 7) is 4.41. The Morgan fingerprint density at radius 3 is 2.42 bits per heavy atom. The minimum absolute atomic E-state index is 0.0916. The van der Waals surface area contributed by atoms with Gasteiger partial charge in [0.05, 0.1) is 19.8 Å². The van der Waals surface area contributed by atoms with Gasteiger partial charge in [-0.2, -0.15) is 0 Å². The zero-order valence-electron chi connectivity index (χ0n) is 13.8. The second-order valence-electron chi connectivity index (χ2n) is 6.06. The third-order valence-electron chi connectivity index (χ3n) is 4.05. The Hall–Kier alpha value is -0.840. The minimum atomic E-state index is -1.47. The van der Waals surface area contributed by atoms with Crippen molar-refractivity contribution < 1.29 is 40.1 Å². The van der Waals surface area contributed by atoms with Gasteiger partial charge in [-0.05, 0) is 19.8 Å². The van der Waals surface area contributed by atoms with Crippen LogP contribution in [0.4, 0.5) is 0 Å². The highest BCUT2D eigenvalue weighted by molar-refractivity contribution is 5.02. The Balaban J connectivity index is 2.49. The Morgan fingerprint density at radius 1 is 1.21 bits per heavy atom. The summed E-state index contributed by atoms with van der Waals surface area (Å²) >= 11 is 0. The first-order valence-corrected chi connectivity index (χ1v) is 7.82. The number of rotatable bonds is 9. The van der Waals surface area contributed by atoms with Gasteiger partial charge < -0.3 is 40.1 Å². The number of hydrogen-bond acceptors (Lipinski definition) is 8.